The summed E-state index contributed by atoms with van der Waals surface area (Å²) in [6, 6.07) is 8.20. The fourth-order valence-electron chi connectivity index (χ4n) is 1.75. The molecular weight excluding hydrogens is 407 g/mol. The molecule has 0 saturated heterocycles. The van der Waals surface area contributed by atoms with E-state index in [1.165, 1.54) is 16.8 Å². The van der Waals surface area contributed by atoms with Crippen LogP contribution < -0.4 is 0 Å². The maximum atomic E-state index is 12.0. The fourth-order valence-corrected chi connectivity index (χ4v) is 3.27. The van der Waals surface area contributed by atoms with Crippen molar-refractivity contribution in [3.63, 3.8) is 0 Å². The Morgan fingerprint density at radius 1 is 1.33 bits per heavy atom. The third kappa shape index (κ3) is 4.25. The normalized spacial score (nSPS) is 11.8. The largest absolute Gasteiger partial charge is 0.390 e. The summed E-state index contributed by atoms with van der Waals surface area (Å²) in [4.78, 5) is 0.130. The van der Waals surface area contributed by atoms with Crippen LogP contribution in [-0.2, 0) is 27.5 Å². The predicted octanol–water partition coefficient (Wildman–Crippen LogP) is 1.69. The minimum absolute atomic E-state index is 0.0407. The van der Waals surface area contributed by atoms with E-state index in [2.05, 4.69) is 5.10 Å². The summed E-state index contributed by atoms with van der Waals surface area (Å²) in [5.74, 6) is 0. The standard InChI is InChI=1S/C13H15IN2O4S/c1-10-2-4-12(5-3-10)21(18,19)20-7-6-16-11(9-17)8-13(14)15-16/h2-5,8,17H,6-7,9H2,1H3. The van der Waals surface area contributed by atoms with Gasteiger partial charge in [0.2, 0.25) is 0 Å². The van der Waals surface area contributed by atoms with E-state index >= 15 is 0 Å². The van der Waals surface area contributed by atoms with Gasteiger partial charge >= 0.3 is 0 Å². The van der Waals surface area contributed by atoms with Crippen LogP contribution in [-0.4, -0.2) is 29.9 Å². The molecule has 0 unspecified atom stereocenters. The van der Waals surface area contributed by atoms with E-state index in [0.29, 0.717) is 5.69 Å². The summed E-state index contributed by atoms with van der Waals surface area (Å²) < 4.78 is 31.2. The molecule has 8 heteroatoms. The molecule has 0 aliphatic rings. The highest BCUT2D eigenvalue weighted by Crippen LogP contribution is 2.13. The third-order valence-corrected chi connectivity index (χ3v) is 4.70. The lowest BCUT2D eigenvalue weighted by Crippen LogP contribution is -2.14. The lowest BCUT2D eigenvalue weighted by atomic mass is 10.2. The Labute approximate surface area is 137 Å². The molecule has 21 heavy (non-hydrogen) atoms. The van der Waals surface area contributed by atoms with Crippen LogP contribution in [0.1, 0.15) is 11.3 Å². The molecule has 0 fully saturated rings. The van der Waals surface area contributed by atoms with Gasteiger partial charge in [-0.15, -0.1) is 0 Å². The first kappa shape index (κ1) is 16.4. The molecule has 0 bridgehead atoms. The molecule has 1 heterocycles. The van der Waals surface area contributed by atoms with Gasteiger partial charge in [0.05, 0.1) is 30.3 Å². The summed E-state index contributed by atoms with van der Waals surface area (Å²) >= 11 is 2.03. The van der Waals surface area contributed by atoms with Crippen LogP contribution in [0.2, 0.25) is 0 Å². The summed E-state index contributed by atoms with van der Waals surface area (Å²) in [7, 11) is -3.77. The lowest BCUT2D eigenvalue weighted by Gasteiger charge is -2.07. The van der Waals surface area contributed by atoms with Crippen molar-refractivity contribution in [2.75, 3.05) is 6.61 Å². The number of aryl methyl sites for hydroxylation is 1. The smallest absolute Gasteiger partial charge is 0.297 e. The monoisotopic (exact) mass is 422 g/mol. The van der Waals surface area contributed by atoms with Gasteiger partial charge in [-0.25, -0.2) is 0 Å². The van der Waals surface area contributed by atoms with Crippen molar-refractivity contribution in [2.45, 2.75) is 25.0 Å². The van der Waals surface area contributed by atoms with Crippen molar-refractivity contribution in [2.24, 2.45) is 0 Å². The van der Waals surface area contributed by atoms with Gasteiger partial charge in [-0.1, -0.05) is 17.7 Å². The Morgan fingerprint density at radius 3 is 2.62 bits per heavy atom. The highest BCUT2D eigenvalue weighted by atomic mass is 127. The number of benzene rings is 1. The van der Waals surface area contributed by atoms with Crippen molar-refractivity contribution in [1.82, 2.24) is 9.78 Å². The van der Waals surface area contributed by atoms with Gasteiger partial charge in [-0.3, -0.25) is 8.86 Å². The molecule has 0 atom stereocenters. The zero-order valence-corrected chi connectivity index (χ0v) is 14.3. The van der Waals surface area contributed by atoms with Crippen LogP contribution in [0.4, 0.5) is 0 Å². The van der Waals surface area contributed by atoms with Gasteiger partial charge in [0, 0.05) is 0 Å². The van der Waals surface area contributed by atoms with Crippen molar-refractivity contribution >= 4 is 32.7 Å². The number of aliphatic hydroxyl groups excluding tert-OH is 1. The third-order valence-electron chi connectivity index (χ3n) is 2.85. The summed E-state index contributed by atoms with van der Waals surface area (Å²) in [6.45, 7) is 1.94. The molecule has 1 aromatic heterocycles. The summed E-state index contributed by atoms with van der Waals surface area (Å²) in [5, 5.41) is 13.3. The first-order chi connectivity index (χ1) is 9.92. The minimum atomic E-state index is -3.77. The molecule has 114 valence electrons. The van der Waals surface area contributed by atoms with Crippen LogP contribution in [0.3, 0.4) is 0 Å². The molecule has 6 nitrogen and oxygen atoms in total. The number of hydrogen-bond donors (Lipinski definition) is 1. The average Bonchev–Trinajstić information content (AvgIpc) is 2.79. The summed E-state index contributed by atoms with van der Waals surface area (Å²) in [6.07, 6.45) is 0. The van der Waals surface area contributed by atoms with Gasteiger partial charge in [0.15, 0.2) is 0 Å². The van der Waals surface area contributed by atoms with E-state index in [0.717, 1.165) is 9.26 Å². The first-order valence-corrected chi connectivity index (χ1v) is 8.70. The van der Waals surface area contributed by atoms with Crippen LogP contribution in [0.5, 0.6) is 0 Å². The van der Waals surface area contributed by atoms with Gasteiger partial charge in [0.25, 0.3) is 10.1 Å². The molecule has 0 aliphatic heterocycles. The molecule has 0 aliphatic carbocycles. The number of aromatic nitrogens is 2. The molecule has 1 aromatic carbocycles. The first-order valence-electron chi connectivity index (χ1n) is 6.21. The second kappa shape index (κ2) is 6.86. The van der Waals surface area contributed by atoms with E-state index in [1.807, 2.05) is 29.5 Å². The van der Waals surface area contributed by atoms with Gasteiger partial charge in [-0.05, 0) is 47.7 Å². The highest BCUT2D eigenvalue weighted by molar-refractivity contribution is 14.1. The number of aliphatic hydroxyl groups is 1. The van der Waals surface area contributed by atoms with Crippen LogP contribution in [0.15, 0.2) is 35.2 Å². The molecule has 0 amide bonds. The molecule has 0 radical (unpaired) electrons. The Morgan fingerprint density at radius 2 is 2.00 bits per heavy atom. The average molecular weight is 422 g/mol. The molecule has 1 N–H and O–H groups in total. The van der Waals surface area contributed by atoms with Crippen molar-refractivity contribution in [1.29, 1.82) is 0 Å². The second-order valence-corrected chi connectivity index (χ2v) is 7.15. The Kier molecular flexibility index (Phi) is 5.36. The number of hydrogen-bond acceptors (Lipinski definition) is 5. The Bertz CT molecular complexity index is 710. The fraction of sp³-hybridized carbons (Fsp3) is 0.308. The Balaban J connectivity index is 2.00. The molecule has 2 rings (SSSR count). The predicted molar refractivity (Wildman–Crippen MR) is 85.2 cm³/mol. The second-order valence-electron chi connectivity index (χ2n) is 4.43. The molecule has 2 aromatic rings. The Hall–Kier alpha value is -0.970. The zero-order valence-electron chi connectivity index (χ0n) is 11.4. The maximum absolute atomic E-state index is 12.0. The van der Waals surface area contributed by atoms with Crippen molar-refractivity contribution in [3.8, 4) is 0 Å². The van der Waals surface area contributed by atoms with Crippen LogP contribution in [0.25, 0.3) is 0 Å². The molecular formula is C13H15IN2O4S. The highest BCUT2D eigenvalue weighted by Gasteiger charge is 2.15. The van der Waals surface area contributed by atoms with E-state index in [-0.39, 0.29) is 24.7 Å². The maximum Gasteiger partial charge on any atom is 0.297 e. The molecule has 0 spiro atoms. The quantitative estimate of drug-likeness (QED) is 0.566. The number of nitrogens with zero attached hydrogens (tertiary/aromatic N) is 2. The van der Waals surface area contributed by atoms with Gasteiger partial charge < -0.3 is 5.11 Å². The SMILES string of the molecule is Cc1ccc(S(=O)(=O)OCCn2nc(I)cc2CO)cc1. The van der Waals surface area contributed by atoms with E-state index in [9.17, 15) is 13.5 Å². The minimum Gasteiger partial charge on any atom is -0.390 e. The van der Waals surface area contributed by atoms with Gasteiger partial charge in [-0.2, -0.15) is 13.5 Å². The molecule has 0 saturated carbocycles. The van der Waals surface area contributed by atoms with E-state index in [4.69, 9.17) is 4.18 Å². The van der Waals surface area contributed by atoms with Crippen LogP contribution >= 0.6 is 22.6 Å². The number of halogens is 1. The van der Waals surface area contributed by atoms with E-state index in [1.54, 1.807) is 18.2 Å². The van der Waals surface area contributed by atoms with E-state index < -0.39 is 10.1 Å². The number of rotatable bonds is 6. The topological polar surface area (TPSA) is 81.4 Å². The van der Waals surface area contributed by atoms with Crippen LogP contribution in [0, 0.1) is 10.6 Å². The van der Waals surface area contributed by atoms with Crippen molar-refractivity contribution < 1.29 is 17.7 Å². The summed E-state index contributed by atoms with van der Waals surface area (Å²) in [5.41, 5.74) is 1.60. The lowest BCUT2D eigenvalue weighted by molar-refractivity contribution is 0.254. The zero-order chi connectivity index (χ0) is 15.5. The van der Waals surface area contributed by atoms with Gasteiger partial charge in [0.1, 0.15) is 3.70 Å². The van der Waals surface area contributed by atoms with Crippen molar-refractivity contribution in [3.05, 3.63) is 45.3 Å².